The fourth-order valence-electron chi connectivity index (χ4n) is 2.20. The third-order valence-electron chi connectivity index (χ3n) is 3.60. The summed E-state index contributed by atoms with van der Waals surface area (Å²) in [4.78, 5) is 15.2. The molecule has 1 aliphatic heterocycles. The molecule has 1 saturated heterocycles. The van der Waals surface area contributed by atoms with Crippen LogP contribution < -0.4 is 4.83 Å². The zero-order valence-electron chi connectivity index (χ0n) is 13.5. The lowest BCUT2D eigenvalue weighted by atomic mass is 10.2. The molecule has 2 aromatic rings. The van der Waals surface area contributed by atoms with E-state index < -0.39 is 15.9 Å². The first-order valence-corrected chi connectivity index (χ1v) is 9.97. The van der Waals surface area contributed by atoms with Gasteiger partial charge in [-0.15, -0.1) is 4.83 Å². The van der Waals surface area contributed by atoms with Crippen LogP contribution >= 0.6 is 24.0 Å². The van der Waals surface area contributed by atoms with Crippen molar-refractivity contribution < 1.29 is 13.2 Å². The summed E-state index contributed by atoms with van der Waals surface area (Å²) < 4.78 is 26.9. The Kier molecular flexibility index (Phi) is 4.83. The highest BCUT2D eigenvalue weighted by Crippen LogP contribution is 2.32. The molecule has 0 spiro atoms. The van der Waals surface area contributed by atoms with Crippen LogP contribution in [0.1, 0.15) is 11.3 Å². The van der Waals surface area contributed by atoms with Crippen LogP contribution in [0, 0.1) is 6.92 Å². The van der Waals surface area contributed by atoms with Gasteiger partial charge in [0.1, 0.15) is 0 Å². The van der Waals surface area contributed by atoms with E-state index in [-0.39, 0.29) is 9.22 Å². The first-order chi connectivity index (χ1) is 11.8. The maximum atomic E-state index is 12.5. The molecule has 3 rings (SSSR count). The molecule has 25 heavy (non-hydrogen) atoms. The van der Waals surface area contributed by atoms with Crippen molar-refractivity contribution in [2.24, 2.45) is 7.05 Å². The van der Waals surface area contributed by atoms with Crippen molar-refractivity contribution in [2.45, 2.75) is 11.8 Å². The van der Waals surface area contributed by atoms with Crippen LogP contribution in [0.2, 0.25) is 0 Å². The monoisotopic (exact) mass is 393 g/mol. The standard InChI is InChI=1S/C16H15N3O3S3/c1-11-5-7-13(8-6-11)25(21,22)17-19-15(20)14(24-16(19)23)10-12-4-3-9-18(12)2/h3-10,17H,1-2H3/b14-10+. The van der Waals surface area contributed by atoms with E-state index in [0.29, 0.717) is 4.91 Å². The topological polar surface area (TPSA) is 71.4 Å². The van der Waals surface area contributed by atoms with Crippen molar-refractivity contribution >= 4 is 50.3 Å². The predicted molar refractivity (Wildman–Crippen MR) is 102 cm³/mol. The fourth-order valence-corrected chi connectivity index (χ4v) is 4.49. The normalized spacial score (nSPS) is 16.9. The van der Waals surface area contributed by atoms with Crippen LogP contribution in [0.25, 0.3) is 6.08 Å². The van der Waals surface area contributed by atoms with E-state index in [2.05, 4.69) is 4.83 Å². The van der Waals surface area contributed by atoms with Gasteiger partial charge in [-0.2, -0.15) is 0 Å². The Morgan fingerprint density at radius 1 is 1.20 bits per heavy atom. The Morgan fingerprint density at radius 3 is 2.48 bits per heavy atom. The summed E-state index contributed by atoms with van der Waals surface area (Å²) in [7, 11) is -2.04. The maximum Gasteiger partial charge on any atom is 0.281 e. The van der Waals surface area contributed by atoms with Crippen LogP contribution in [0.4, 0.5) is 0 Å². The molecule has 6 nitrogen and oxygen atoms in total. The van der Waals surface area contributed by atoms with E-state index in [1.807, 2.05) is 36.9 Å². The van der Waals surface area contributed by atoms with Crippen molar-refractivity contribution in [1.82, 2.24) is 14.4 Å². The highest BCUT2D eigenvalue weighted by molar-refractivity contribution is 8.26. The van der Waals surface area contributed by atoms with Gasteiger partial charge in [0.05, 0.1) is 9.80 Å². The second kappa shape index (κ2) is 6.75. The number of aromatic nitrogens is 1. The van der Waals surface area contributed by atoms with Crippen molar-refractivity contribution in [1.29, 1.82) is 0 Å². The summed E-state index contributed by atoms with van der Waals surface area (Å²) in [5.41, 5.74) is 1.76. The summed E-state index contributed by atoms with van der Waals surface area (Å²) in [5.74, 6) is -0.494. The van der Waals surface area contributed by atoms with E-state index in [9.17, 15) is 13.2 Å². The fraction of sp³-hybridized carbons (Fsp3) is 0.125. The van der Waals surface area contributed by atoms with Crippen LogP contribution in [0.5, 0.6) is 0 Å². The zero-order valence-corrected chi connectivity index (χ0v) is 15.9. The van der Waals surface area contributed by atoms with Gasteiger partial charge < -0.3 is 4.57 Å². The predicted octanol–water partition coefficient (Wildman–Crippen LogP) is 2.43. The SMILES string of the molecule is Cc1ccc(S(=O)(=O)NN2C(=O)/C(=C\c3cccn3C)SC2=S)cc1. The Bertz CT molecular complexity index is 976. The number of sulfonamides is 1. The average molecular weight is 394 g/mol. The first-order valence-electron chi connectivity index (χ1n) is 7.26. The van der Waals surface area contributed by atoms with Gasteiger partial charge in [0.15, 0.2) is 4.32 Å². The van der Waals surface area contributed by atoms with Crippen molar-refractivity contribution in [3.63, 3.8) is 0 Å². The van der Waals surface area contributed by atoms with Crippen molar-refractivity contribution in [2.75, 3.05) is 0 Å². The summed E-state index contributed by atoms with van der Waals surface area (Å²) in [6.07, 6.45) is 3.53. The first kappa shape index (κ1) is 17.9. The van der Waals surface area contributed by atoms with Crippen molar-refractivity contribution in [3.05, 3.63) is 58.8 Å². The number of carbonyl (C=O) groups is 1. The van der Waals surface area contributed by atoms with Gasteiger partial charge in [-0.3, -0.25) is 4.79 Å². The molecule has 2 heterocycles. The molecule has 1 aromatic heterocycles. The Labute approximate surface area is 155 Å². The number of aryl methyl sites for hydroxylation is 2. The number of thiocarbonyl (C=S) groups is 1. The van der Waals surface area contributed by atoms with Gasteiger partial charge in [0, 0.05) is 18.9 Å². The largest absolute Gasteiger partial charge is 0.351 e. The van der Waals surface area contributed by atoms with Gasteiger partial charge >= 0.3 is 0 Å². The van der Waals surface area contributed by atoms with Gasteiger partial charge in [0.2, 0.25) is 0 Å². The second-order valence-corrected chi connectivity index (χ2v) is 8.81. The molecule has 0 bridgehead atoms. The Hall–Kier alpha value is -1.94. The molecule has 9 heteroatoms. The maximum absolute atomic E-state index is 12.5. The molecule has 1 amide bonds. The number of hydrogen-bond donors (Lipinski definition) is 1. The number of thioether (sulfide) groups is 1. The van der Waals surface area contributed by atoms with E-state index >= 15 is 0 Å². The molecule has 1 aliphatic rings. The van der Waals surface area contributed by atoms with E-state index in [1.54, 1.807) is 18.2 Å². The van der Waals surface area contributed by atoms with Crippen LogP contribution in [0.3, 0.4) is 0 Å². The minimum absolute atomic E-state index is 0.0681. The molecule has 1 fully saturated rings. The molecule has 1 aromatic carbocycles. The quantitative estimate of drug-likeness (QED) is 0.638. The van der Waals surface area contributed by atoms with Crippen molar-refractivity contribution in [3.8, 4) is 0 Å². The summed E-state index contributed by atoms with van der Waals surface area (Å²) in [5, 5.41) is 0.893. The second-order valence-electron chi connectivity index (χ2n) is 5.47. The highest BCUT2D eigenvalue weighted by atomic mass is 32.2. The molecular weight excluding hydrogens is 378 g/mol. The third kappa shape index (κ3) is 3.69. The number of amides is 1. The average Bonchev–Trinajstić information content (AvgIpc) is 3.06. The van der Waals surface area contributed by atoms with Gasteiger partial charge in [-0.05, 0) is 37.3 Å². The zero-order chi connectivity index (χ0) is 18.2. The van der Waals surface area contributed by atoms with Gasteiger partial charge in [-0.25, -0.2) is 13.4 Å². The molecule has 0 saturated carbocycles. The number of nitrogens with one attached hydrogen (secondary N) is 1. The van der Waals surface area contributed by atoms with Gasteiger partial charge in [0.25, 0.3) is 15.9 Å². The molecule has 0 unspecified atom stereocenters. The Morgan fingerprint density at radius 2 is 1.88 bits per heavy atom. The highest BCUT2D eigenvalue weighted by Gasteiger charge is 2.35. The van der Waals surface area contributed by atoms with Crippen LogP contribution in [-0.2, 0) is 21.9 Å². The molecular formula is C16H15N3O3S3. The number of benzene rings is 1. The lowest BCUT2D eigenvalue weighted by Crippen LogP contribution is -2.44. The number of carbonyl (C=O) groups excluding carboxylic acids is 1. The van der Waals surface area contributed by atoms with E-state index in [4.69, 9.17) is 12.2 Å². The summed E-state index contributed by atoms with van der Waals surface area (Å²) in [6, 6.07) is 10.0. The van der Waals surface area contributed by atoms with Crippen LogP contribution in [0.15, 0.2) is 52.4 Å². The van der Waals surface area contributed by atoms with Crippen LogP contribution in [-0.4, -0.2) is 28.2 Å². The van der Waals surface area contributed by atoms with E-state index in [0.717, 1.165) is 28.0 Å². The molecule has 130 valence electrons. The lowest BCUT2D eigenvalue weighted by Gasteiger charge is -2.16. The molecule has 1 N–H and O–H groups in total. The van der Waals surface area contributed by atoms with Gasteiger partial charge in [-0.1, -0.05) is 41.7 Å². The Balaban J connectivity index is 1.85. The molecule has 0 atom stereocenters. The summed E-state index contributed by atoms with van der Waals surface area (Å²) >= 11 is 6.21. The molecule has 0 aliphatic carbocycles. The number of hydrazine groups is 1. The number of hydrogen-bond acceptors (Lipinski definition) is 5. The minimum Gasteiger partial charge on any atom is -0.351 e. The lowest BCUT2D eigenvalue weighted by molar-refractivity contribution is -0.123. The number of rotatable bonds is 4. The summed E-state index contributed by atoms with van der Waals surface area (Å²) in [6.45, 7) is 1.86. The number of nitrogens with zero attached hydrogens (tertiary/aromatic N) is 2. The smallest absolute Gasteiger partial charge is 0.281 e. The molecule has 0 radical (unpaired) electrons. The third-order valence-corrected chi connectivity index (χ3v) is 6.22. The minimum atomic E-state index is -3.90. The van der Waals surface area contributed by atoms with E-state index in [1.165, 1.54) is 12.1 Å².